The van der Waals surface area contributed by atoms with Gasteiger partial charge in [0.05, 0.1) is 23.7 Å². The molecule has 1 aliphatic rings. The minimum absolute atomic E-state index is 0. The summed E-state index contributed by atoms with van der Waals surface area (Å²) in [6.07, 6.45) is 0.156. The van der Waals surface area contributed by atoms with E-state index >= 15 is 0 Å². The van der Waals surface area contributed by atoms with Crippen molar-refractivity contribution >= 4 is 23.4 Å². The molecule has 2 heterocycles. The monoisotopic (exact) mass is 315 g/mol. The van der Waals surface area contributed by atoms with Crippen LogP contribution in [0.1, 0.15) is 11.7 Å². The largest absolute Gasteiger partial charge is 0.371 e. The van der Waals surface area contributed by atoms with Crippen LogP contribution < -0.4 is 5.32 Å². The van der Waals surface area contributed by atoms with Gasteiger partial charge in [0.2, 0.25) is 0 Å². The summed E-state index contributed by atoms with van der Waals surface area (Å²) in [7, 11) is 0. The van der Waals surface area contributed by atoms with Crippen LogP contribution in [0.15, 0.2) is 48.5 Å². The molecule has 0 spiro atoms. The van der Waals surface area contributed by atoms with Gasteiger partial charge in [0.25, 0.3) is 0 Å². The van der Waals surface area contributed by atoms with Gasteiger partial charge in [0, 0.05) is 18.7 Å². The smallest absolute Gasteiger partial charge is 0.138 e. The lowest BCUT2D eigenvalue weighted by atomic mass is 10.1. The second-order valence-corrected chi connectivity index (χ2v) is 5.29. The van der Waals surface area contributed by atoms with E-state index in [-0.39, 0.29) is 18.5 Å². The molecule has 1 unspecified atom stereocenters. The quantitative estimate of drug-likeness (QED) is 0.763. The molecular weight excluding hydrogens is 298 g/mol. The molecule has 0 aliphatic carbocycles. The lowest BCUT2D eigenvalue weighted by Gasteiger charge is -2.24. The van der Waals surface area contributed by atoms with Crippen LogP contribution in [0.25, 0.3) is 22.4 Å². The highest BCUT2D eigenvalue weighted by Crippen LogP contribution is 2.24. The van der Waals surface area contributed by atoms with E-state index < -0.39 is 0 Å². The number of nitrogens with one attached hydrogen (secondary N) is 2. The van der Waals surface area contributed by atoms with Crippen molar-refractivity contribution in [2.45, 2.75) is 6.10 Å². The molecule has 1 aromatic heterocycles. The standard InChI is InChI=1S/C17H17N3O.ClH/c1-2-4-15-14(3-1)19-17(20-15)13-7-5-12(6-8-13)16-11-18-9-10-21-16;/h1-8,16,18H,9-11H2,(H,19,20);1H. The normalized spacial score (nSPS) is 18.1. The van der Waals surface area contributed by atoms with Crippen molar-refractivity contribution in [3.05, 3.63) is 54.1 Å². The molecule has 114 valence electrons. The van der Waals surface area contributed by atoms with E-state index in [0.717, 1.165) is 42.1 Å². The zero-order valence-corrected chi connectivity index (χ0v) is 12.9. The second-order valence-electron chi connectivity index (χ2n) is 5.29. The highest BCUT2D eigenvalue weighted by Gasteiger charge is 2.15. The molecule has 0 amide bonds. The van der Waals surface area contributed by atoms with Crippen LogP contribution in [0.5, 0.6) is 0 Å². The molecule has 2 N–H and O–H groups in total. The van der Waals surface area contributed by atoms with Crippen LogP contribution >= 0.6 is 12.4 Å². The minimum atomic E-state index is 0. The summed E-state index contributed by atoms with van der Waals surface area (Å²) in [5.74, 6) is 0.908. The first-order chi connectivity index (χ1) is 10.4. The fourth-order valence-corrected chi connectivity index (χ4v) is 2.72. The van der Waals surface area contributed by atoms with Crippen molar-refractivity contribution in [1.29, 1.82) is 0 Å². The van der Waals surface area contributed by atoms with Crippen molar-refractivity contribution in [2.24, 2.45) is 0 Å². The summed E-state index contributed by atoms with van der Waals surface area (Å²) in [6, 6.07) is 16.5. The number of imidazole rings is 1. The molecule has 0 radical (unpaired) electrons. The molecule has 0 saturated carbocycles. The number of para-hydroxylation sites is 2. The SMILES string of the molecule is Cl.c1ccc2[nH]c(-c3ccc(C4CNCCO4)cc3)nc2c1. The third-order valence-electron chi connectivity index (χ3n) is 3.87. The minimum Gasteiger partial charge on any atom is -0.371 e. The maximum Gasteiger partial charge on any atom is 0.138 e. The lowest BCUT2D eigenvalue weighted by molar-refractivity contribution is 0.0277. The number of morpholine rings is 1. The zero-order chi connectivity index (χ0) is 14.1. The Bertz CT molecular complexity index is 715. The van der Waals surface area contributed by atoms with Crippen molar-refractivity contribution in [3.63, 3.8) is 0 Å². The molecule has 1 fully saturated rings. The average molecular weight is 316 g/mol. The summed E-state index contributed by atoms with van der Waals surface area (Å²) in [5, 5.41) is 3.35. The van der Waals surface area contributed by atoms with E-state index in [4.69, 9.17) is 4.74 Å². The Morgan fingerprint density at radius 2 is 1.86 bits per heavy atom. The summed E-state index contributed by atoms with van der Waals surface area (Å²) in [6.45, 7) is 2.59. The highest BCUT2D eigenvalue weighted by atomic mass is 35.5. The Morgan fingerprint density at radius 3 is 2.59 bits per heavy atom. The number of benzene rings is 2. The number of rotatable bonds is 2. The van der Waals surface area contributed by atoms with Crippen molar-refractivity contribution < 1.29 is 4.74 Å². The Kier molecular flexibility index (Phi) is 4.43. The van der Waals surface area contributed by atoms with E-state index in [0.29, 0.717) is 0 Å². The summed E-state index contributed by atoms with van der Waals surface area (Å²) in [4.78, 5) is 7.98. The van der Waals surface area contributed by atoms with Gasteiger partial charge in [-0.15, -0.1) is 12.4 Å². The molecule has 1 saturated heterocycles. The van der Waals surface area contributed by atoms with Crippen LogP contribution in [0.4, 0.5) is 0 Å². The van der Waals surface area contributed by atoms with E-state index in [9.17, 15) is 0 Å². The van der Waals surface area contributed by atoms with Crippen LogP contribution in [0.3, 0.4) is 0 Å². The molecule has 4 rings (SSSR count). The van der Waals surface area contributed by atoms with Crippen LogP contribution in [-0.2, 0) is 4.74 Å². The topological polar surface area (TPSA) is 49.9 Å². The zero-order valence-electron chi connectivity index (χ0n) is 12.1. The number of nitrogens with zero attached hydrogens (tertiary/aromatic N) is 1. The number of fused-ring (bicyclic) bond motifs is 1. The predicted octanol–water partition coefficient (Wildman–Crippen LogP) is 3.31. The number of H-pyrrole nitrogens is 1. The van der Waals surface area contributed by atoms with Crippen LogP contribution in [-0.4, -0.2) is 29.7 Å². The Morgan fingerprint density at radius 1 is 1.05 bits per heavy atom. The lowest BCUT2D eigenvalue weighted by Crippen LogP contribution is -2.33. The molecule has 4 nitrogen and oxygen atoms in total. The van der Waals surface area contributed by atoms with Crippen LogP contribution in [0.2, 0.25) is 0 Å². The van der Waals surface area contributed by atoms with Gasteiger partial charge in [0.15, 0.2) is 0 Å². The maximum absolute atomic E-state index is 5.77. The summed E-state index contributed by atoms with van der Waals surface area (Å²) >= 11 is 0. The number of halogens is 1. The van der Waals surface area contributed by atoms with Gasteiger partial charge >= 0.3 is 0 Å². The Labute approximate surface area is 135 Å². The second kappa shape index (κ2) is 6.48. The van der Waals surface area contributed by atoms with Crippen molar-refractivity contribution in [3.8, 4) is 11.4 Å². The molecule has 1 atom stereocenters. The number of ether oxygens (including phenoxy) is 1. The fraction of sp³-hybridized carbons (Fsp3) is 0.235. The first kappa shape index (κ1) is 15.0. The Hall–Kier alpha value is -1.88. The molecule has 0 bridgehead atoms. The fourth-order valence-electron chi connectivity index (χ4n) is 2.72. The third-order valence-corrected chi connectivity index (χ3v) is 3.87. The number of hydrogen-bond donors (Lipinski definition) is 2. The number of aromatic nitrogens is 2. The Balaban J connectivity index is 0.00000144. The highest BCUT2D eigenvalue weighted by molar-refractivity contribution is 5.85. The first-order valence-corrected chi connectivity index (χ1v) is 7.27. The van der Waals surface area contributed by atoms with Gasteiger partial charge in [-0.25, -0.2) is 4.98 Å². The molecule has 22 heavy (non-hydrogen) atoms. The van der Waals surface area contributed by atoms with E-state index in [2.05, 4.69) is 39.6 Å². The predicted molar refractivity (Wildman–Crippen MR) is 90.3 cm³/mol. The molecule has 1 aliphatic heterocycles. The van der Waals surface area contributed by atoms with E-state index in [1.807, 2.05) is 24.3 Å². The van der Waals surface area contributed by atoms with Gasteiger partial charge in [-0.1, -0.05) is 36.4 Å². The molecule has 3 aromatic rings. The third kappa shape index (κ3) is 2.86. The number of hydrogen-bond acceptors (Lipinski definition) is 3. The van der Waals surface area contributed by atoms with E-state index in [1.165, 1.54) is 5.56 Å². The molecule has 2 aromatic carbocycles. The van der Waals surface area contributed by atoms with Gasteiger partial charge in [-0.3, -0.25) is 0 Å². The molecular formula is C17H18ClN3O. The van der Waals surface area contributed by atoms with Gasteiger partial charge in [-0.2, -0.15) is 0 Å². The molecule has 5 heteroatoms. The van der Waals surface area contributed by atoms with Crippen molar-refractivity contribution in [1.82, 2.24) is 15.3 Å². The van der Waals surface area contributed by atoms with Gasteiger partial charge < -0.3 is 15.0 Å². The van der Waals surface area contributed by atoms with E-state index in [1.54, 1.807) is 0 Å². The summed E-state index contributed by atoms with van der Waals surface area (Å²) in [5.41, 5.74) is 4.37. The van der Waals surface area contributed by atoms with Crippen molar-refractivity contribution in [2.75, 3.05) is 19.7 Å². The van der Waals surface area contributed by atoms with Crippen LogP contribution in [0, 0.1) is 0 Å². The first-order valence-electron chi connectivity index (χ1n) is 7.27. The number of aromatic amines is 1. The maximum atomic E-state index is 5.77. The summed E-state index contributed by atoms with van der Waals surface area (Å²) < 4.78 is 5.77. The van der Waals surface area contributed by atoms with Gasteiger partial charge in [-0.05, 0) is 17.7 Å². The average Bonchev–Trinajstić information content (AvgIpc) is 3.00. The van der Waals surface area contributed by atoms with Gasteiger partial charge in [0.1, 0.15) is 5.82 Å².